The minimum Gasteiger partial charge on any atom is -0.355 e. The van der Waals surface area contributed by atoms with Gasteiger partial charge in [-0.3, -0.25) is 4.79 Å². The van der Waals surface area contributed by atoms with E-state index in [1.165, 1.54) is 11.4 Å². The maximum Gasteiger partial charge on any atom is 0.279 e. The molecule has 0 aromatic rings. The van der Waals surface area contributed by atoms with Gasteiger partial charge in [0.25, 0.3) is 10.2 Å². The molecule has 0 radical (unpaired) electrons. The van der Waals surface area contributed by atoms with E-state index in [-0.39, 0.29) is 18.0 Å². The molecule has 2 N–H and O–H groups in total. The summed E-state index contributed by atoms with van der Waals surface area (Å²) in [5, 5.41) is 2.64. The summed E-state index contributed by atoms with van der Waals surface area (Å²) in [5.74, 6) is -0.0207. The van der Waals surface area contributed by atoms with Gasteiger partial charge in [-0.25, -0.2) is 0 Å². The molecule has 1 fully saturated rings. The minimum atomic E-state index is -3.44. The summed E-state index contributed by atoms with van der Waals surface area (Å²) in [7, 11) is -1.91. The second kappa shape index (κ2) is 5.11. The zero-order chi connectivity index (χ0) is 12.3. The van der Waals surface area contributed by atoms with Gasteiger partial charge in [-0.05, 0) is 20.3 Å². The molecule has 1 amide bonds. The van der Waals surface area contributed by atoms with Gasteiger partial charge in [0.1, 0.15) is 0 Å². The third-order valence-corrected chi connectivity index (χ3v) is 4.50. The molecule has 1 atom stereocenters. The van der Waals surface area contributed by atoms with Crippen LogP contribution in [0.5, 0.6) is 0 Å². The van der Waals surface area contributed by atoms with E-state index in [4.69, 9.17) is 0 Å². The average molecular weight is 249 g/mol. The van der Waals surface area contributed by atoms with Gasteiger partial charge in [0, 0.05) is 32.1 Å². The number of piperidine rings is 1. The molecular formula is C9H19N3O3S. The van der Waals surface area contributed by atoms with Crippen molar-refractivity contribution < 1.29 is 13.2 Å². The fraction of sp³-hybridized carbons (Fsp3) is 0.889. The Morgan fingerprint density at radius 2 is 2.12 bits per heavy atom. The first-order valence-corrected chi connectivity index (χ1v) is 6.79. The Morgan fingerprint density at radius 1 is 1.50 bits per heavy atom. The first-order chi connectivity index (χ1) is 7.33. The number of nitrogens with one attached hydrogen (secondary N) is 2. The SMILES string of the molecule is CC(C)N(C)S(=O)(=O)NC1CCC(=O)NC1. The van der Waals surface area contributed by atoms with Crippen LogP contribution in [0.1, 0.15) is 26.7 Å². The van der Waals surface area contributed by atoms with E-state index in [1.54, 1.807) is 0 Å². The van der Waals surface area contributed by atoms with Crippen molar-refractivity contribution in [3.05, 3.63) is 0 Å². The van der Waals surface area contributed by atoms with E-state index in [0.29, 0.717) is 19.4 Å². The lowest BCUT2D eigenvalue weighted by Crippen LogP contribution is -2.52. The third kappa shape index (κ3) is 3.43. The highest BCUT2D eigenvalue weighted by Gasteiger charge is 2.26. The average Bonchev–Trinajstić information content (AvgIpc) is 2.20. The molecule has 0 aliphatic carbocycles. The van der Waals surface area contributed by atoms with Crippen LogP contribution >= 0.6 is 0 Å². The van der Waals surface area contributed by atoms with Gasteiger partial charge in [-0.1, -0.05) is 0 Å². The van der Waals surface area contributed by atoms with E-state index >= 15 is 0 Å². The van der Waals surface area contributed by atoms with Crippen molar-refractivity contribution in [2.24, 2.45) is 0 Å². The number of carbonyl (C=O) groups is 1. The normalized spacial score (nSPS) is 22.6. The Morgan fingerprint density at radius 3 is 2.56 bits per heavy atom. The summed E-state index contributed by atoms with van der Waals surface area (Å²) in [4.78, 5) is 10.9. The van der Waals surface area contributed by atoms with Crippen LogP contribution < -0.4 is 10.0 Å². The molecule has 0 aromatic carbocycles. The van der Waals surface area contributed by atoms with Crippen LogP contribution in [0, 0.1) is 0 Å². The molecule has 1 rings (SSSR count). The van der Waals surface area contributed by atoms with Crippen LogP contribution in [0.4, 0.5) is 0 Å². The van der Waals surface area contributed by atoms with Gasteiger partial charge in [-0.2, -0.15) is 17.4 Å². The largest absolute Gasteiger partial charge is 0.355 e. The molecule has 7 heteroatoms. The van der Waals surface area contributed by atoms with E-state index in [2.05, 4.69) is 10.0 Å². The Hall–Kier alpha value is -0.660. The van der Waals surface area contributed by atoms with Crippen LogP contribution in [0.25, 0.3) is 0 Å². The van der Waals surface area contributed by atoms with Crippen LogP contribution in [-0.2, 0) is 15.0 Å². The summed E-state index contributed by atoms with van der Waals surface area (Å²) in [6.45, 7) is 3.98. The Kier molecular flexibility index (Phi) is 4.28. The molecule has 0 bridgehead atoms. The Balaban J connectivity index is 2.56. The summed E-state index contributed by atoms with van der Waals surface area (Å²) in [6.07, 6.45) is 0.926. The maximum absolute atomic E-state index is 11.8. The highest BCUT2D eigenvalue weighted by molar-refractivity contribution is 7.87. The number of hydrogen-bond acceptors (Lipinski definition) is 3. The lowest BCUT2D eigenvalue weighted by Gasteiger charge is -2.27. The first-order valence-electron chi connectivity index (χ1n) is 5.35. The first kappa shape index (κ1) is 13.4. The van der Waals surface area contributed by atoms with E-state index < -0.39 is 10.2 Å². The molecule has 1 aliphatic heterocycles. The summed E-state index contributed by atoms with van der Waals surface area (Å²) in [5.41, 5.74) is 0. The predicted octanol–water partition coefficient (Wildman–Crippen LogP) is -0.560. The van der Waals surface area contributed by atoms with Gasteiger partial charge in [-0.15, -0.1) is 0 Å². The Labute approximate surface area is 96.6 Å². The maximum atomic E-state index is 11.8. The van der Waals surface area contributed by atoms with Crippen molar-refractivity contribution >= 4 is 16.1 Å². The van der Waals surface area contributed by atoms with Crippen molar-refractivity contribution in [1.29, 1.82) is 0 Å². The lowest BCUT2D eigenvalue weighted by molar-refractivity contribution is -0.122. The predicted molar refractivity (Wildman–Crippen MR) is 61.0 cm³/mol. The quantitative estimate of drug-likeness (QED) is 0.701. The topological polar surface area (TPSA) is 78.5 Å². The third-order valence-electron chi connectivity index (χ3n) is 2.69. The molecule has 0 aromatic heterocycles. The molecule has 0 spiro atoms. The summed E-state index contributed by atoms with van der Waals surface area (Å²) < 4.78 is 27.5. The smallest absolute Gasteiger partial charge is 0.279 e. The second-order valence-electron chi connectivity index (χ2n) is 4.27. The number of nitrogens with zero attached hydrogens (tertiary/aromatic N) is 1. The van der Waals surface area contributed by atoms with Gasteiger partial charge in [0.05, 0.1) is 0 Å². The van der Waals surface area contributed by atoms with Crippen molar-refractivity contribution in [3.8, 4) is 0 Å². The van der Waals surface area contributed by atoms with Gasteiger partial charge in [0.2, 0.25) is 5.91 Å². The molecule has 94 valence electrons. The van der Waals surface area contributed by atoms with Crippen molar-refractivity contribution in [2.75, 3.05) is 13.6 Å². The number of amides is 1. The molecular weight excluding hydrogens is 230 g/mol. The summed E-state index contributed by atoms with van der Waals surface area (Å²) in [6, 6.07) is -0.292. The highest BCUT2D eigenvalue weighted by atomic mass is 32.2. The fourth-order valence-corrected chi connectivity index (χ4v) is 2.75. The highest BCUT2D eigenvalue weighted by Crippen LogP contribution is 2.07. The van der Waals surface area contributed by atoms with Crippen LogP contribution in [0.15, 0.2) is 0 Å². The fourth-order valence-electron chi connectivity index (χ4n) is 1.40. The molecule has 1 aliphatic rings. The number of rotatable bonds is 4. The van der Waals surface area contributed by atoms with Crippen LogP contribution in [-0.4, -0.2) is 44.3 Å². The zero-order valence-electron chi connectivity index (χ0n) is 9.86. The monoisotopic (exact) mass is 249 g/mol. The molecule has 1 saturated heterocycles. The van der Waals surface area contributed by atoms with Gasteiger partial charge < -0.3 is 5.32 Å². The summed E-state index contributed by atoms with van der Waals surface area (Å²) >= 11 is 0. The molecule has 0 saturated carbocycles. The number of carbonyl (C=O) groups excluding carboxylic acids is 1. The lowest BCUT2D eigenvalue weighted by atomic mass is 10.1. The van der Waals surface area contributed by atoms with Gasteiger partial charge >= 0.3 is 0 Å². The molecule has 6 nitrogen and oxygen atoms in total. The Bertz CT molecular complexity index is 343. The standard InChI is InChI=1S/C9H19N3O3S/c1-7(2)12(3)16(14,15)11-8-4-5-9(13)10-6-8/h7-8,11H,4-6H2,1-3H3,(H,10,13). The molecule has 1 unspecified atom stereocenters. The van der Waals surface area contributed by atoms with Crippen LogP contribution in [0.2, 0.25) is 0 Å². The second-order valence-corrected chi connectivity index (χ2v) is 6.03. The van der Waals surface area contributed by atoms with E-state index in [9.17, 15) is 13.2 Å². The van der Waals surface area contributed by atoms with Crippen molar-refractivity contribution in [3.63, 3.8) is 0 Å². The van der Waals surface area contributed by atoms with Crippen molar-refractivity contribution in [1.82, 2.24) is 14.3 Å². The van der Waals surface area contributed by atoms with E-state index in [1.807, 2.05) is 13.8 Å². The number of hydrogen-bond donors (Lipinski definition) is 2. The minimum absolute atomic E-state index is 0.0207. The van der Waals surface area contributed by atoms with Crippen molar-refractivity contribution in [2.45, 2.75) is 38.8 Å². The van der Waals surface area contributed by atoms with E-state index in [0.717, 1.165) is 0 Å². The van der Waals surface area contributed by atoms with Gasteiger partial charge in [0.15, 0.2) is 0 Å². The zero-order valence-corrected chi connectivity index (χ0v) is 10.7. The molecule has 16 heavy (non-hydrogen) atoms. The molecule has 1 heterocycles. The van der Waals surface area contributed by atoms with Crippen LogP contribution in [0.3, 0.4) is 0 Å².